The molecule has 6 nitrogen and oxygen atoms in total. The van der Waals surface area contributed by atoms with Crippen LogP contribution in [0.15, 0.2) is 18.5 Å². The summed E-state index contributed by atoms with van der Waals surface area (Å²) in [6, 6.07) is 1.57. The standard InChI is InChI=1S/C15H21N3O3/c1-11(2)14(20)12-7-13(9-17-8-12)15(21)18-6-4-3-5-16-10-19/h7-11H,3-6H2,1-2H3,(H,16,19)(H,18,21). The molecule has 0 spiro atoms. The lowest BCUT2D eigenvalue weighted by Crippen LogP contribution is -2.25. The van der Waals surface area contributed by atoms with Gasteiger partial charge in [-0.05, 0) is 18.9 Å². The fourth-order valence-electron chi connectivity index (χ4n) is 1.75. The molecule has 6 heteroatoms. The van der Waals surface area contributed by atoms with Crippen LogP contribution >= 0.6 is 0 Å². The number of hydrogen-bond donors (Lipinski definition) is 2. The number of pyridine rings is 1. The SMILES string of the molecule is CC(C)C(=O)c1cncc(C(=O)NCCCCNC=O)c1. The number of nitrogens with zero attached hydrogens (tertiary/aromatic N) is 1. The maximum absolute atomic E-state index is 11.9. The van der Waals surface area contributed by atoms with E-state index >= 15 is 0 Å². The largest absolute Gasteiger partial charge is 0.359 e. The zero-order valence-electron chi connectivity index (χ0n) is 12.4. The molecule has 2 amide bonds. The van der Waals surface area contributed by atoms with Crippen LogP contribution in [-0.4, -0.2) is 36.2 Å². The van der Waals surface area contributed by atoms with Crippen molar-refractivity contribution < 1.29 is 14.4 Å². The van der Waals surface area contributed by atoms with Gasteiger partial charge in [0, 0.05) is 37.0 Å². The van der Waals surface area contributed by atoms with Gasteiger partial charge in [-0.15, -0.1) is 0 Å². The van der Waals surface area contributed by atoms with E-state index in [1.165, 1.54) is 12.4 Å². The first-order chi connectivity index (χ1) is 10.1. The second kappa shape index (κ2) is 8.84. The first-order valence-electron chi connectivity index (χ1n) is 7.00. The highest BCUT2D eigenvalue weighted by molar-refractivity contribution is 6.00. The predicted octanol–water partition coefficient (Wildman–Crippen LogP) is 1.18. The summed E-state index contributed by atoms with van der Waals surface area (Å²) in [6.07, 6.45) is 5.14. The maximum Gasteiger partial charge on any atom is 0.252 e. The topological polar surface area (TPSA) is 88.2 Å². The molecule has 0 aromatic carbocycles. The number of rotatable bonds is 9. The molecule has 114 valence electrons. The van der Waals surface area contributed by atoms with E-state index in [0.717, 1.165) is 12.8 Å². The summed E-state index contributed by atoms with van der Waals surface area (Å²) in [5, 5.41) is 5.32. The van der Waals surface area contributed by atoms with E-state index in [0.29, 0.717) is 30.6 Å². The average molecular weight is 291 g/mol. The van der Waals surface area contributed by atoms with Gasteiger partial charge >= 0.3 is 0 Å². The van der Waals surface area contributed by atoms with E-state index in [1.807, 2.05) is 13.8 Å². The van der Waals surface area contributed by atoms with Gasteiger partial charge in [-0.25, -0.2) is 0 Å². The first-order valence-corrected chi connectivity index (χ1v) is 7.00. The van der Waals surface area contributed by atoms with Crippen molar-refractivity contribution in [2.24, 2.45) is 5.92 Å². The van der Waals surface area contributed by atoms with Gasteiger partial charge in [0.2, 0.25) is 6.41 Å². The van der Waals surface area contributed by atoms with E-state index < -0.39 is 0 Å². The van der Waals surface area contributed by atoms with Crippen LogP contribution in [0.5, 0.6) is 0 Å². The molecule has 1 aromatic rings. The Balaban J connectivity index is 2.49. The number of ketones is 1. The van der Waals surface area contributed by atoms with E-state index in [2.05, 4.69) is 15.6 Å². The molecule has 0 bridgehead atoms. The molecule has 1 aromatic heterocycles. The molecule has 0 unspecified atom stereocenters. The second-order valence-electron chi connectivity index (χ2n) is 5.02. The van der Waals surface area contributed by atoms with Crippen molar-refractivity contribution in [1.29, 1.82) is 0 Å². The summed E-state index contributed by atoms with van der Waals surface area (Å²) in [7, 11) is 0. The molecule has 0 aliphatic carbocycles. The molecule has 2 N–H and O–H groups in total. The molecule has 0 aliphatic rings. The Labute approximate surface area is 124 Å². The third-order valence-corrected chi connectivity index (χ3v) is 2.93. The summed E-state index contributed by atoms with van der Waals surface area (Å²) in [5.74, 6) is -0.406. The minimum Gasteiger partial charge on any atom is -0.359 e. The fourth-order valence-corrected chi connectivity index (χ4v) is 1.75. The lowest BCUT2D eigenvalue weighted by Gasteiger charge is -2.07. The molecule has 1 rings (SSSR count). The van der Waals surface area contributed by atoms with Crippen LogP contribution in [0.4, 0.5) is 0 Å². The molecular formula is C15H21N3O3. The lowest BCUT2D eigenvalue weighted by atomic mass is 10.0. The molecular weight excluding hydrogens is 270 g/mol. The number of aromatic nitrogens is 1. The van der Waals surface area contributed by atoms with Crippen molar-refractivity contribution >= 4 is 18.1 Å². The highest BCUT2D eigenvalue weighted by Gasteiger charge is 2.13. The normalized spacial score (nSPS) is 10.2. The van der Waals surface area contributed by atoms with Crippen LogP contribution in [0.25, 0.3) is 0 Å². The number of unbranched alkanes of at least 4 members (excludes halogenated alkanes) is 1. The Hall–Kier alpha value is -2.24. The zero-order valence-corrected chi connectivity index (χ0v) is 12.4. The number of hydrogen-bond acceptors (Lipinski definition) is 4. The Morgan fingerprint density at radius 2 is 1.86 bits per heavy atom. The molecule has 0 saturated carbocycles. The molecule has 0 radical (unpaired) electrons. The van der Waals surface area contributed by atoms with Crippen molar-refractivity contribution in [2.45, 2.75) is 26.7 Å². The Morgan fingerprint density at radius 1 is 1.19 bits per heavy atom. The molecule has 0 fully saturated rings. The Kier molecular flexibility index (Phi) is 7.08. The van der Waals surface area contributed by atoms with Crippen molar-refractivity contribution in [3.8, 4) is 0 Å². The molecule has 0 saturated heterocycles. The van der Waals surface area contributed by atoms with Gasteiger partial charge in [0.1, 0.15) is 0 Å². The van der Waals surface area contributed by atoms with E-state index in [9.17, 15) is 14.4 Å². The van der Waals surface area contributed by atoms with Crippen molar-refractivity contribution in [3.05, 3.63) is 29.6 Å². The zero-order chi connectivity index (χ0) is 15.7. The maximum atomic E-state index is 11.9. The van der Waals surface area contributed by atoms with Gasteiger partial charge in [0.25, 0.3) is 5.91 Å². The van der Waals surface area contributed by atoms with Crippen molar-refractivity contribution in [3.63, 3.8) is 0 Å². The minimum atomic E-state index is -0.246. The third kappa shape index (κ3) is 5.72. The number of carbonyl (C=O) groups is 3. The van der Waals surface area contributed by atoms with Gasteiger partial charge in [0.15, 0.2) is 5.78 Å². The van der Waals surface area contributed by atoms with Crippen LogP contribution in [0.3, 0.4) is 0 Å². The first kappa shape index (κ1) is 16.8. The van der Waals surface area contributed by atoms with Crippen LogP contribution < -0.4 is 10.6 Å². The summed E-state index contributed by atoms with van der Waals surface area (Å²) in [6.45, 7) is 4.73. The van der Waals surface area contributed by atoms with E-state index in [-0.39, 0.29) is 17.6 Å². The van der Waals surface area contributed by atoms with Crippen LogP contribution in [0.2, 0.25) is 0 Å². The van der Waals surface area contributed by atoms with Gasteiger partial charge in [0.05, 0.1) is 5.56 Å². The van der Waals surface area contributed by atoms with Crippen molar-refractivity contribution in [2.75, 3.05) is 13.1 Å². The van der Waals surface area contributed by atoms with Gasteiger partial charge in [-0.3, -0.25) is 19.4 Å². The Bertz CT molecular complexity index is 501. The minimum absolute atomic E-state index is 0.0305. The lowest BCUT2D eigenvalue weighted by molar-refractivity contribution is -0.109. The van der Waals surface area contributed by atoms with Gasteiger partial charge in [-0.2, -0.15) is 0 Å². The average Bonchev–Trinajstić information content (AvgIpc) is 2.49. The van der Waals surface area contributed by atoms with Crippen LogP contribution in [0.1, 0.15) is 47.4 Å². The summed E-state index contributed by atoms with van der Waals surface area (Å²) in [4.78, 5) is 37.8. The summed E-state index contributed by atoms with van der Waals surface area (Å²) < 4.78 is 0. The number of amides is 2. The van der Waals surface area contributed by atoms with Gasteiger partial charge in [-0.1, -0.05) is 13.8 Å². The summed E-state index contributed by atoms with van der Waals surface area (Å²) in [5.41, 5.74) is 0.834. The van der Waals surface area contributed by atoms with E-state index in [1.54, 1.807) is 6.07 Å². The van der Waals surface area contributed by atoms with Crippen LogP contribution in [-0.2, 0) is 4.79 Å². The smallest absolute Gasteiger partial charge is 0.252 e. The number of Topliss-reactive ketones (excluding diaryl/α,β-unsaturated/α-hetero) is 1. The van der Waals surface area contributed by atoms with Gasteiger partial charge < -0.3 is 10.6 Å². The molecule has 21 heavy (non-hydrogen) atoms. The monoisotopic (exact) mass is 291 g/mol. The predicted molar refractivity (Wildman–Crippen MR) is 79.0 cm³/mol. The molecule has 0 atom stereocenters. The molecule has 1 heterocycles. The molecule has 0 aliphatic heterocycles. The number of carbonyl (C=O) groups excluding carboxylic acids is 3. The van der Waals surface area contributed by atoms with Crippen LogP contribution in [0, 0.1) is 5.92 Å². The quantitative estimate of drug-likeness (QED) is 0.406. The highest BCUT2D eigenvalue weighted by atomic mass is 16.2. The fraction of sp³-hybridized carbons (Fsp3) is 0.467. The second-order valence-corrected chi connectivity index (χ2v) is 5.02. The Morgan fingerprint density at radius 3 is 2.52 bits per heavy atom. The number of nitrogens with one attached hydrogen (secondary N) is 2. The third-order valence-electron chi connectivity index (χ3n) is 2.93. The highest BCUT2D eigenvalue weighted by Crippen LogP contribution is 2.09. The van der Waals surface area contributed by atoms with Crippen molar-refractivity contribution in [1.82, 2.24) is 15.6 Å². The van der Waals surface area contributed by atoms with E-state index in [4.69, 9.17) is 0 Å². The summed E-state index contributed by atoms with van der Waals surface area (Å²) >= 11 is 0.